The van der Waals surface area contributed by atoms with E-state index < -0.39 is 0 Å². The summed E-state index contributed by atoms with van der Waals surface area (Å²) in [6.07, 6.45) is 2.42. The molecule has 1 fully saturated rings. The standard InChI is InChI=1S/C16H21N3O2/c1-17-15(20)14-7-4-8-19(14)16(21)12-9-11-5-2-3-6-13(11)18-10-12/h2-3,5-6,12,14,18H,4,7-10H2,1H3,(H,17,20). The van der Waals surface area contributed by atoms with Crippen LogP contribution >= 0.6 is 0 Å². The molecule has 5 heteroatoms. The quantitative estimate of drug-likeness (QED) is 0.853. The van der Waals surface area contributed by atoms with Gasteiger partial charge in [0.05, 0.1) is 5.92 Å². The van der Waals surface area contributed by atoms with Crippen molar-refractivity contribution in [1.82, 2.24) is 10.2 Å². The summed E-state index contributed by atoms with van der Waals surface area (Å²) in [4.78, 5) is 26.4. The second-order valence-corrected chi connectivity index (χ2v) is 5.74. The summed E-state index contributed by atoms with van der Waals surface area (Å²) in [5.74, 6) is -0.0294. The highest BCUT2D eigenvalue weighted by Crippen LogP contribution is 2.27. The minimum Gasteiger partial charge on any atom is -0.384 e. The van der Waals surface area contributed by atoms with Gasteiger partial charge in [0.15, 0.2) is 0 Å². The van der Waals surface area contributed by atoms with E-state index >= 15 is 0 Å². The van der Waals surface area contributed by atoms with Crippen molar-refractivity contribution >= 4 is 17.5 Å². The van der Waals surface area contributed by atoms with Gasteiger partial charge in [0, 0.05) is 25.8 Å². The fraction of sp³-hybridized carbons (Fsp3) is 0.500. The molecule has 2 unspecified atom stereocenters. The van der Waals surface area contributed by atoms with Crippen LogP contribution in [0.2, 0.25) is 0 Å². The number of hydrogen-bond acceptors (Lipinski definition) is 3. The molecule has 0 spiro atoms. The SMILES string of the molecule is CNC(=O)C1CCCN1C(=O)C1CNc2ccccc2C1. The first kappa shape index (κ1) is 13.9. The largest absolute Gasteiger partial charge is 0.384 e. The van der Waals surface area contributed by atoms with Crippen molar-refractivity contribution in [3.63, 3.8) is 0 Å². The van der Waals surface area contributed by atoms with Gasteiger partial charge >= 0.3 is 0 Å². The van der Waals surface area contributed by atoms with Gasteiger partial charge in [0.1, 0.15) is 6.04 Å². The summed E-state index contributed by atoms with van der Waals surface area (Å²) in [5, 5.41) is 5.99. The van der Waals surface area contributed by atoms with Crippen LogP contribution in [0.4, 0.5) is 5.69 Å². The first-order valence-corrected chi connectivity index (χ1v) is 7.54. The third kappa shape index (κ3) is 2.60. The fourth-order valence-electron chi connectivity index (χ4n) is 3.32. The zero-order valence-electron chi connectivity index (χ0n) is 12.3. The lowest BCUT2D eigenvalue weighted by atomic mass is 9.92. The molecule has 0 saturated carbocycles. The van der Waals surface area contributed by atoms with Crippen molar-refractivity contribution < 1.29 is 9.59 Å². The molecule has 0 aromatic heterocycles. The van der Waals surface area contributed by atoms with Crippen LogP contribution in [-0.2, 0) is 16.0 Å². The molecule has 0 aliphatic carbocycles. The van der Waals surface area contributed by atoms with Crippen LogP contribution in [0.1, 0.15) is 18.4 Å². The van der Waals surface area contributed by atoms with Gasteiger partial charge in [-0.3, -0.25) is 9.59 Å². The highest BCUT2D eigenvalue weighted by atomic mass is 16.2. The van der Waals surface area contributed by atoms with Gasteiger partial charge in [-0.05, 0) is 30.9 Å². The smallest absolute Gasteiger partial charge is 0.242 e. The third-order valence-electron chi connectivity index (χ3n) is 4.46. The molecule has 112 valence electrons. The topological polar surface area (TPSA) is 61.4 Å². The van der Waals surface area contributed by atoms with Gasteiger partial charge < -0.3 is 15.5 Å². The van der Waals surface area contributed by atoms with Gasteiger partial charge in [-0.15, -0.1) is 0 Å². The van der Waals surface area contributed by atoms with Gasteiger partial charge in [-0.2, -0.15) is 0 Å². The number of carbonyl (C=O) groups is 2. The zero-order chi connectivity index (χ0) is 14.8. The van der Waals surface area contributed by atoms with Gasteiger partial charge in [0.2, 0.25) is 11.8 Å². The average molecular weight is 287 g/mol. The predicted molar refractivity (Wildman–Crippen MR) is 80.9 cm³/mol. The molecule has 2 heterocycles. The molecule has 1 saturated heterocycles. The maximum atomic E-state index is 12.7. The highest BCUT2D eigenvalue weighted by molar-refractivity contribution is 5.89. The number of fused-ring (bicyclic) bond motifs is 1. The molecular formula is C16H21N3O2. The van der Waals surface area contributed by atoms with E-state index in [1.54, 1.807) is 11.9 Å². The second-order valence-electron chi connectivity index (χ2n) is 5.74. The van der Waals surface area contributed by atoms with E-state index in [9.17, 15) is 9.59 Å². The number of nitrogens with one attached hydrogen (secondary N) is 2. The Kier molecular flexibility index (Phi) is 3.82. The van der Waals surface area contributed by atoms with Crippen molar-refractivity contribution in [3.05, 3.63) is 29.8 Å². The summed E-state index contributed by atoms with van der Waals surface area (Å²) >= 11 is 0. The summed E-state index contributed by atoms with van der Waals surface area (Å²) < 4.78 is 0. The van der Waals surface area contributed by atoms with Crippen LogP contribution in [0, 0.1) is 5.92 Å². The van der Waals surface area contributed by atoms with Crippen LogP contribution < -0.4 is 10.6 Å². The van der Waals surface area contributed by atoms with E-state index in [1.807, 2.05) is 18.2 Å². The lowest BCUT2D eigenvalue weighted by Gasteiger charge is -2.31. The lowest BCUT2D eigenvalue weighted by molar-refractivity contribution is -0.141. The lowest BCUT2D eigenvalue weighted by Crippen LogP contribution is -2.49. The van der Waals surface area contributed by atoms with E-state index in [4.69, 9.17) is 0 Å². The van der Waals surface area contributed by atoms with E-state index in [2.05, 4.69) is 16.7 Å². The molecule has 2 atom stereocenters. The molecule has 0 radical (unpaired) electrons. The Bertz CT molecular complexity index is 558. The number of nitrogens with zero attached hydrogens (tertiary/aromatic N) is 1. The van der Waals surface area contributed by atoms with Crippen molar-refractivity contribution in [2.45, 2.75) is 25.3 Å². The summed E-state index contributed by atoms with van der Waals surface area (Å²) in [7, 11) is 1.63. The predicted octanol–water partition coefficient (Wildman–Crippen LogP) is 1.01. The molecule has 1 aromatic rings. The molecule has 5 nitrogen and oxygen atoms in total. The number of hydrogen-bond donors (Lipinski definition) is 2. The Hall–Kier alpha value is -2.04. The first-order chi connectivity index (χ1) is 10.2. The van der Waals surface area contributed by atoms with Crippen LogP contribution in [0.25, 0.3) is 0 Å². The van der Waals surface area contributed by atoms with Crippen LogP contribution in [0.5, 0.6) is 0 Å². The minimum absolute atomic E-state index is 0.0509. The van der Waals surface area contributed by atoms with Crippen molar-refractivity contribution in [1.29, 1.82) is 0 Å². The van der Waals surface area contributed by atoms with Gasteiger partial charge in [0.25, 0.3) is 0 Å². The number of anilines is 1. The number of para-hydroxylation sites is 1. The number of likely N-dealkylation sites (N-methyl/N-ethyl adjacent to an activating group) is 1. The number of carbonyl (C=O) groups excluding carboxylic acids is 2. The van der Waals surface area contributed by atoms with Crippen LogP contribution in [-0.4, -0.2) is 42.9 Å². The summed E-state index contributed by atoms with van der Waals surface area (Å²) in [6, 6.07) is 7.80. The molecule has 0 bridgehead atoms. The Labute approximate surface area is 124 Å². The molecule has 2 amide bonds. The van der Waals surface area contributed by atoms with Crippen molar-refractivity contribution in [2.75, 3.05) is 25.5 Å². The van der Waals surface area contributed by atoms with Gasteiger partial charge in [-0.1, -0.05) is 18.2 Å². The third-order valence-corrected chi connectivity index (χ3v) is 4.46. The maximum absolute atomic E-state index is 12.7. The number of rotatable bonds is 2. The Morgan fingerprint density at radius 3 is 2.95 bits per heavy atom. The first-order valence-electron chi connectivity index (χ1n) is 7.54. The Morgan fingerprint density at radius 2 is 2.14 bits per heavy atom. The summed E-state index contributed by atoms with van der Waals surface area (Å²) in [6.45, 7) is 1.34. The highest BCUT2D eigenvalue weighted by Gasteiger charge is 2.37. The molecule has 2 aliphatic heterocycles. The van der Waals surface area contributed by atoms with Crippen LogP contribution in [0.3, 0.4) is 0 Å². The van der Waals surface area contributed by atoms with Gasteiger partial charge in [-0.25, -0.2) is 0 Å². The molecule has 21 heavy (non-hydrogen) atoms. The van der Waals surface area contributed by atoms with Crippen LogP contribution in [0.15, 0.2) is 24.3 Å². The number of likely N-dealkylation sites (tertiary alicyclic amines) is 1. The molecule has 3 rings (SSSR count). The normalized spacial score (nSPS) is 24.1. The second kappa shape index (κ2) is 5.76. The van der Waals surface area contributed by atoms with E-state index in [0.717, 1.165) is 24.9 Å². The number of benzene rings is 1. The number of amides is 2. The van der Waals surface area contributed by atoms with E-state index in [1.165, 1.54) is 5.56 Å². The Morgan fingerprint density at radius 1 is 1.33 bits per heavy atom. The fourth-order valence-corrected chi connectivity index (χ4v) is 3.32. The molecular weight excluding hydrogens is 266 g/mol. The van der Waals surface area contributed by atoms with E-state index in [0.29, 0.717) is 13.1 Å². The monoisotopic (exact) mass is 287 g/mol. The molecule has 2 N–H and O–H groups in total. The van der Waals surface area contributed by atoms with Crippen molar-refractivity contribution in [2.24, 2.45) is 5.92 Å². The van der Waals surface area contributed by atoms with Crippen molar-refractivity contribution in [3.8, 4) is 0 Å². The molecule has 1 aromatic carbocycles. The van der Waals surface area contributed by atoms with E-state index in [-0.39, 0.29) is 23.8 Å². The Balaban J connectivity index is 1.73. The zero-order valence-corrected chi connectivity index (χ0v) is 12.3. The average Bonchev–Trinajstić information content (AvgIpc) is 3.02. The maximum Gasteiger partial charge on any atom is 0.242 e. The molecule has 2 aliphatic rings. The minimum atomic E-state index is -0.292. The summed E-state index contributed by atoms with van der Waals surface area (Å²) in [5.41, 5.74) is 2.30.